The maximum atomic E-state index is 11.7. The maximum absolute atomic E-state index is 11.7. The Labute approximate surface area is 99.2 Å². The first-order chi connectivity index (χ1) is 7.73. The lowest BCUT2D eigenvalue weighted by atomic mass is 10.0. The van der Waals surface area contributed by atoms with Gasteiger partial charge in [-0.3, -0.25) is 14.4 Å². The van der Waals surface area contributed by atoms with Crippen molar-refractivity contribution in [1.82, 2.24) is 4.90 Å². The average molecular weight is 246 g/mol. The van der Waals surface area contributed by atoms with Crippen LogP contribution in [0.3, 0.4) is 0 Å². The van der Waals surface area contributed by atoms with Gasteiger partial charge >= 0.3 is 11.9 Å². The van der Waals surface area contributed by atoms with Gasteiger partial charge in [-0.25, -0.2) is 0 Å². The van der Waals surface area contributed by atoms with Crippen LogP contribution in [-0.2, 0) is 14.4 Å². The van der Waals surface area contributed by atoms with Crippen LogP contribution in [0.1, 0.15) is 20.3 Å². The van der Waals surface area contributed by atoms with Crippen LogP contribution in [0.2, 0.25) is 0 Å². The molecule has 0 aromatic heterocycles. The second kappa shape index (κ2) is 6.85. The molecule has 0 heterocycles. The Morgan fingerprint density at radius 3 is 1.82 bits per heavy atom. The third kappa shape index (κ3) is 6.52. The molecule has 0 rings (SSSR count). The van der Waals surface area contributed by atoms with E-state index in [1.54, 1.807) is 0 Å². The van der Waals surface area contributed by atoms with Crippen molar-refractivity contribution in [2.45, 2.75) is 26.3 Å². The molecule has 0 aromatic rings. The van der Waals surface area contributed by atoms with Gasteiger partial charge in [0.25, 0.3) is 0 Å². The van der Waals surface area contributed by atoms with Crippen LogP contribution < -0.4 is 5.73 Å². The van der Waals surface area contributed by atoms with E-state index in [0.29, 0.717) is 6.42 Å². The molecule has 0 radical (unpaired) electrons. The van der Waals surface area contributed by atoms with Gasteiger partial charge in [-0.2, -0.15) is 0 Å². The van der Waals surface area contributed by atoms with Crippen LogP contribution >= 0.6 is 0 Å². The molecule has 0 fully saturated rings. The van der Waals surface area contributed by atoms with Crippen LogP contribution in [0.25, 0.3) is 0 Å². The summed E-state index contributed by atoms with van der Waals surface area (Å²) in [4.78, 5) is 33.5. The molecule has 0 aliphatic rings. The minimum atomic E-state index is -1.27. The predicted octanol–water partition coefficient (Wildman–Crippen LogP) is -0.642. The molecule has 0 saturated heterocycles. The van der Waals surface area contributed by atoms with Crippen LogP contribution in [0.4, 0.5) is 0 Å². The average Bonchev–Trinajstić information content (AvgIpc) is 2.12. The fraction of sp³-hybridized carbons (Fsp3) is 0.700. The van der Waals surface area contributed by atoms with Crippen LogP contribution in [0.5, 0.6) is 0 Å². The first-order valence-corrected chi connectivity index (χ1v) is 5.22. The quantitative estimate of drug-likeness (QED) is 0.549. The Morgan fingerprint density at radius 1 is 1.12 bits per heavy atom. The molecule has 17 heavy (non-hydrogen) atoms. The van der Waals surface area contributed by atoms with E-state index in [2.05, 4.69) is 0 Å². The highest BCUT2D eigenvalue weighted by Crippen LogP contribution is 2.05. The van der Waals surface area contributed by atoms with E-state index in [-0.39, 0.29) is 5.92 Å². The molecule has 0 aliphatic carbocycles. The van der Waals surface area contributed by atoms with E-state index in [0.717, 1.165) is 4.90 Å². The number of aliphatic carboxylic acids is 2. The molecule has 4 N–H and O–H groups in total. The van der Waals surface area contributed by atoms with Gasteiger partial charge in [0, 0.05) is 0 Å². The number of nitrogens with two attached hydrogens (primary N) is 1. The highest BCUT2D eigenvalue weighted by molar-refractivity contribution is 5.88. The smallest absolute Gasteiger partial charge is 0.323 e. The SMILES string of the molecule is CC(C)C[C@H](N)C(=O)N(CC(=O)O)CC(=O)O. The van der Waals surface area contributed by atoms with Gasteiger partial charge in [0.05, 0.1) is 6.04 Å². The van der Waals surface area contributed by atoms with Crippen LogP contribution in [0.15, 0.2) is 0 Å². The largest absolute Gasteiger partial charge is 0.480 e. The summed E-state index contributed by atoms with van der Waals surface area (Å²) < 4.78 is 0. The van der Waals surface area contributed by atoms with Gasteiger partial charge < -0.3 is 20.8 Å². The molecule has 0 unspecified atom stereocenters. The fourth-order valence-corrected chi connectivity index (χ4v) is 1.38. The van der Waals surface area contributed by atoms with E-state index < -0.39 is 37.0 Å². The number of carbonyl (C=O) groups is 3. The molecule has 0 bridgehead atoms. The van der Waals surface area contributed by atoms with E-state index in [4.69, 9.17) is 15.9 Å². The van der Waals surface area contributed by atoms with E-state index in [1.807, 2.05) is 13.8 Å². The Bertz CT molecular complexity index is 287. The van der Waals surface area contributed by atoms with Gasteiger partial charge in [-0.15, -0.1) is 0 Å². The first-order valence-electron chi connectivity index (χ1n) is 5.22. The number of carboxylic acid groups (broad SMARTS) is 2. The van der Waals surface area contributed by atoms with Crippen molar-refractivity contribution in [3.05, 3.63) is 0 Å². The van der Waals surface area contributed by atoms with Crippen molar-refractivity contribution in [1.29, 1.82) is 0 Å². The fourth-order valence-electron chi connectivity index (χ4n) is 1.38. The zero-order chi connectivity index (χ0) is 13.6. The number of carboxylic acids is 2. The molecule has 7 nitrogen and oxygen atoms in total. The second-order valence-corrected chi connectivity index (χ2v) is 4.22. The van der Waals surface area contributed by atoms with Gasteiger partial charge in [0.15, 0.2) is 0 Å². The summed E-state index contributed by atoms with van der Waals surface area (Å²) in [7, 11) is 0. The van der Waals surface area contributed by atoms with E-state index in [9.17, 15) is 14.4 Å². The molecule has 0 aromatic carbocycles. The van der Waals surface area contributed by atoms with Crippen molar-refractivity contribution in [3.8, 4) is 0 Å². The standard InChI is InChI=1S/C10H18N2O5/c1-6(2)3-7(11)10(17)12(4-8(13)14)5-9(15)16/h6-7H,3-5,11H2,1-2H3,(H,13,14)(H,15,16)/t7-/m0/s1. The first kappa shape index (κ1) is 15.4. The normalized spacial score (nSPS) is 12.2. The zero-order valence-corrected chi connectivity index (χ0v) is 9.92. The number of amides is 1. The summed E-state index contributed by atoms with van der Waals surface area (Å²) in [5.74, 6) is -3.01. The molecule has 1 atom stereocenters. The second-order valence-electron chi connectivity index (χ2n) is 4.22. The topological polar surface area (TPSA) is 121 Å². The summed E-state index contributed by atoms with van der Waals surface area (Å²) in [6, 6.07) is -0.867. The number of nitrogens with zero attached hydrogens (tertiary/aromatic N) is 1. The Kier molecular flexibility index (Phi) is 6.19. The Hall–Kier alpha value is -1.63. The molecule has 7 heteroatoms. The van der Waals surface area contributed by atoms with Crippen molar-refractivity contribution in [3.63, 3.8) is 0 Å². The molecule has 0 spiro atoms. The van der Waals surface area contributed by atoms with E-state index in [1.165, 1.54) is 0 Å². The van der Waals surface area contributed by atoms with Crippen molar-refractivity contribution in [2.24, 2.45) is 11.7 Å². The Balaban J connectivity index is 4.61. The minimum absolute atomic E-state index is 0.172. The molecule has 1 amide bonds. The summed E-state index contributed by atoms with van der Waals surface area (Å²) in [6.45, 7) is 2.42. The van der Waals surface area contributed by atoms with Crippen molar-refractivity contribution in [2.75, 3.05) is 13.1 Å². The van der Waals surface area contributed by atoms with Gasteiger partial charge in [-0.05, 0) is 12.3 Å². The van der Waals surface area contributed by atoms with Gasteiger partial charge in [-0.1, -0.05) is 13.8 Å². The maximum Gasteiger partial charge on any atom is 0.323 e. The molecule has 98 valence electrons. The van der Waals surface area contributed by atoms with Gasteiger partial charge in [0.2, 0.25) is 5.91 Å². The van der Waals surface area contributed by atoms with Crippen LogP contribution in [0, 0.1) is 5.92 Å². The highest BCUT2D eigenvalue weighted by atomic mass is 16.4. The Morgan fingerprint density at radius 2 is 1.53 bits per heavy atom. The van der Waals surface area contributed by atoms with E-state index >= 15 is 0 Å². The lowest BCUT2D eigenvalue weighted by Crippen LogP contribution is -2.48. The monoisotopic (exact) mass is 246 g/mol. The van der Waals surface area contributed by atoms with Gasteiger partial charge in [0.1, 0.15) is 13.1 Å². The number of hydrogen-bond donors (Lipinski definition) is 3. The summed E-state index contributed by atoms with van der Waals surface area (Å²) >= 11 is 0. The summed E-state index contributed by atoms with van der Waals surface area (Å²) in [6.07, 6.45) is 0.384. The lowest BCUT2D eigenvalue weighted by molar-refractivity contribution is -0.150. The third-order valence-corrected chi connectivity index (χ3v) is 2.01. The summed E-state index contributed by atoms with van der Waals surface area (Å²) in [5.41, 5.74) is 5.59. The zero-order valence-electron chi connectivity index (χ0n) is 9.92. The molecule has 0 aliphatic heterocycles. The predicted molar refractivity (Wildman–Crippen MR) is 59.3 cm³/mol. The minimum Gasteiger partial charge on any atom is -0.480 e. The molecular weight excluding hydrogens is 228 g/mol. The highest BCUT2D eigenvalue weighted by Gasteiger charge is 2.25. The third-order valence-electron chi connectivity index (χ3n) is 2.01. The van der Waals surface area contributed by atoms with Crippen molar-refractivity contribution >= 4 is 17.8 Å². The number of carbonyl (C=O) groups excluding carboxylic acids is 1. The molecule has 0 saturated carbocycles. The lowest BCUT2D eigenvalue weighted by Gasteiger charge is -2.23. The molecular formula is C10H18N2O5. The number of hydrogen-bond acceptors (Lipinski definition) is 4. The van der Waals surface area contributed by atoms with Crippen molar-refractivity contribution < 1.29 is 24.6 Å². The summed E-state index contributed by atoms with van der Waals surface area (Å²) in [5, 5.41) is 17.2. The number of rotatable bonds is 7. The van der Waals surface area contributed by atoms with Crippen LogP contribution in [-0.4, -0.2) is 52.1 Å².